The second kappa shape index (κ2) is 12.1. The summed E-state index contributed by atoms with van der Waals surface area (Å²) in [6.45, 7) is 0.450. The number of nitro benzene ring substituents is 1. The molecule has 3 aromatic carbocycles. The number of amides is 1. The molecule has 4 rings (SSSR count). The van der Waals surface area contributed by atoms with Crippen LogP contribution in [0.4, 0.5) is 5.69 Å². The highest BCUT2D eigenvalue weighted by atomic mass is 79.9. The number of nitrogens with zero attached hydrogens (tertiary/aromatic N) is 2. The smallest absolute Gasteiger partial charge is 0.269 e. The lowest BCUT2D eigenvalue weighted by Gasteiger charge is -2.14. The zero-order chi connectivity index (χ0) is 27.1. The lowest BCUT2D eigenvalue weighted by Crippen LogP contribution is -2.26. The van der Waals surface area contributed by atoms with E-state index >= 15 is 0 Å². The summed E-state index contributed by atoms with van der Waals surface area (Å²) >= 11 is 3.45. The molecule has 0 aliphatic carbocycles. The molecule has 0 saturated heterocycles. The summed E-state index contributed by atoms with van der Waals surface area (Å²) in [6, 6.07) is 19.4. The van der Waals surface area contributed by atoms with Gasteiger partial charge >= 0.3 is 0 Å². The van der Waals surface area contributed by atoms with Gasteiger partial charge in [-0.3, -0.25) is 14.9 Å². The van der Waals surface area contributed by atoms with E-state index in [2.05, 4.69) is 26.2 Å². The lowest BCUT2D eigenvalue weighted by molar-refractivity contribution is -0.384. The van der Waals surface area contributed by atoms with Crippen LogP contribution in [0.2, 0.25) is 0 Å². The second-order valence-corrected chi connectivity index (χ2v) is 9.14. The van der Waals surface area contributed by atoms with Crippen molar-refractivity contribution in [2.75, 3.05) is 13.7 Å². The minimum Gasteiger partial charge on any atom is -0.493 e. The summed E-state index contributed by atoms with van der Waals surface area (Å²) in [5.41, 5.74) is 3.21. The summed E-state index contributed by atoms with van der Waals surface area (Å²) in [6.07, 6.45) is 4.01. The third-order valence-electron chi connectivity index (χ3n) is 5.79. The molecule has 0 bridgehead atoms. The average molecular weight is 575 g/mol. The van der Waals surface area contributed by atoms with Crippen LogP contribution in [0, 0.1) is 21.4 Å². The average Bonchev–Trinajstić information content (AvgIpc) is 3.33. The molecule has 1 heterocycles. The number of carbonyl (C=O) groups is 1. The molecule has 38 heavy (non-hydrogen) atoms. The molecule has 192 valence electrons. The number of H-pyrrole nitrogens is 1. The quantitative estimate of drug-likeness (QED) is 0.108. The van der Waals surface area contributed by atoms with Gasteiger partial charge < -0.3 is 19.8 Å². The molecule has 1 amide bonds. The number of carbonyl (C=O) groups excluding carboxylic acids is 1. The lowest BCUT2D eigenvalue weighted by atomic mass is 10.1. The number of fused-ring (bicyclic) bond motifs is 1. The predicted molar refractivity (Wildman–Crippen MR) is 147 cm³/mol. The van der Waals surface area contributed by atoms with Crippen LogP contribution in [-0.4, -0.2) is 29.5 Å². The van der Waals surface area contributed by atoms with Gasteiger partial charge in [0, 0.05) is 35.8 Å². The van der Waals surface area contributed by atoms with Crippen LogP contribution in [0.1, 0.15) is 16.7 Å². The molecule has 0 aliphatic rings. The molecule has 0 spiro atoms. The van der Waals surface area contributed by atoms with Crippen molar-refractivity contribution in [3.63, 3.8) is 0 Å². The van der Waals surface area contributed by atoms with E-state index in [1.165, 1.54) is 25.3 Å². The number of nitriles is 1. The van der Waals surface area contributed by atoms with E-state index in [9.17, 15) is 20.2 Å². The van der Waals surface area contributed by atoms with Crippen LogP contribution in [0.15, 0.2) is 76.9 Å². The molecule has 0 radical (unpaired) electrons. The fourth-order valence-electron chi connectivity index (χ4n) is 3.94. The van der Waals surface area contributed by atoms with Crippen molar-refractivity contribution in [3.8, 4) is 17.6 Å². The molecule has 0 fully saturated rings. The Kier molecular flexibility index (Phi) is 8.40. The van der Waals surface area contributed by atoms with Crippen LogP contribution in [0.5, 0.6) is 11.5 Å². The van der Waals surface area contributed by atoms with Crippen molar-refractivity contribution in [3.05, 3.63) is 104 Å². The summed E-state index contributed by atoms with van der Waals surface area (Å²) in [4.78, 5) is 26.4. The van der Waals surface area contributed by atoms with Gasteiger partial charge in [-0.15, -0.1) is 0 Å². The minimum absolute atomic E-state index is 0.0265. The van der Waals surface area contributed by atoms with E-state index in [1.807, 2.05) is 36.5 Å². The number of hydrogen-bond acceptors (Lipinski definition) is 6. The van der Waals surface area contributed by atoms with Gasteiger partial charge in [0.1, 0.15) is 18.2 Å². The molecule has 0 aliphatic heterocycles. The fourth-order valence-corrected chi connectivity index (χ4v) is 4.51. The normalized spacial score (nSPS) is 11.1. The molecule has 2 N–H and O–H groups in total. The molecule has 10 heteroatoms. The van der Waals surface area contributed by atoms with E-state index in [1.54, 1.807) is 24.3 Å². The van der Waals surface area contributed by atoms with Crippen molar-refractivity contribution in [1.29, 1.82) is 5.26 Å². The number of aromatic amines is 1. The number of ether oxygens (including phenoxy) is 2. The Morgan fingerprint density at radius 2 is 2.03 bits per heavy atom. The molecule has 9 nitrogen and oxygen atoms in total. The van der Waals surface area contributed by atoms with Gasteiger partial charge in [0.05, 0.1) is 16.5 Å². The van der Waals surface area contributed by atoms with Crippen LogP contribution in [0.25, 0.3) is 17.0 Å². The number of para-hydroxylation sites is 1. The molecule has 4 aromatic rings. The number of hydrogen-bond donors (Lipinski definition) is 2. The van der Waals surface area contributed by atoms with E-state index in [0.717, 1.165) is 16.5 Å². The van der Waals surface area contributed by atoms with E-state index < -0.39 is 10.8 Å². The minimum atomic E-state index is -0.478. The first-order valence-corrected chi connectivity index (χ1v) is 12.4. The van der Waals surface area contributed by atoms with Gasteiger partial charge in [-0.2, -0.15) is 5.26 Å². The number of benzene rings is 3. The molecule has 1 aromatic heterocycles. The second-order valence-electron chi connectivity index (χ2n) is 8.29. The first kappa shape index (κ1) is 26.4. The van der Waals surface area contributed by atoms with Gasteiger partial charge in [-0.1, -0.05) is 30.3 Å². The maximum atomic E-state index is 12.7. The number of halogens is 1. The maximum absolute atomic E-state index is 12.7. The number of non-ortho nitro benzene ring substituents is 1. The van der Waals surface area contributed by atoms with Crippen molar-refractivity contribution in [2.45, 2.75) is 13.0 Å². The number of nitrogens with one attached hydrogen (secondary N) is 2. The largest absolute Gasteiger partial charge is 0.493 e. The highest BCUT2D eigenvalue weighted by molar-refractivity contribution is 9.10. The first-order valence-electron chi connectivity index (χ1n) is 11.6. The Labute approximate surface area is 227 Å². The summed E-state index contributed by atoms with van der Waals surface area (Å²) in [5, 5.41) is 24.5. The van der Waals surface area contributed by atoms with Crippen LogP contribution < -0.4 is 14.8 Å². The van der Waals surface area contributed by atoms with Crippen LogP contribution >= 0.6 is 15.9 Å². The summed E-state index contributed by atoms with van der Waals surface area (Å²) in [5.74, 6) is 0.277. The van der Waals surface area contributed by atoms with Crippen molar-refractivity contribution in [2.24, 2.45) is 0 Å². The van der Waals surface area contributed by atoms with E-state index in [-0.39, 0.29) is 17.9 Å². The zero-order valence-corrected chi connectivity index (χ0v) is 21.9. The Hall–Kier alpha value is -4.62. The third-order valence-corrected chi connectivity index (χ3v) is 6.38. The maximum Gasteiger partial charge on any atom is 0.269 e. The van der Waals surface area contributed by atoms with Crippen LogP contribution in [0.3, 0.4) is 0 Å². The van der Waals surface area contributed by atoms with Gasteiger partial charge in [0.15, 0.2) is 11.5 Å². The highest BCUT2D eigenvalue weighted by Crippen LogP contribution is 2.38. The molecule has 0 unspecified atom stereocenters. The van der Waals surface area contributed by atoms with Gasteiger partial charge in [-0.25, -0.2) is 0 Å². The molecule has 0 atom stereocenters. The molecular weight excluding hydrogens is 552 g/mol. The standard InChI is InChI=1S/C28H23BrN4O5/c1-37-26-14-19(13-24(29)27(26)38-17-18-5-4-6-22(12-18)33(35)36)11-21(15-30)28(34)31-10-9-20-16-32-25-8-3-2-7-23(20)25/h2-8,11-14,16,32H,9-10,17H2,1H3,(H,31,34)/b21-11-. The summed E-state index contributed by atoms with van der Waals surface area (Å²) in [7, 11) is 1.47. The first-order chi connectivity index (χ1) is 18.4. The SMILES string of the molecule is COc1cc(/C=C(/C#N)C(=O)NCCc2c[nH]c3ccccc23)cc(Br)c1OCc1cccc([N+](=O)[O-])c1. The zero-order valence-electron chi connectivity index (χ0n) is 20.4. The van der Waals surface area contributed by atoms with Crippen molar-refractivity contribution >= 4 is 44.5 Å². The van der Waals surface area contributed by atoms with Crippen LogP contribution in [-0.2, 0) is 17.8 Å². The molecule has 0 saturated carbocycles. The monoisotopic (exact) mass is 574 g/mol. The Bertz CT molecular complexity index is 1570. The molecular formula is C28H23BrN4O5. The number of nitro groups is 1. The number of rotatable bonds is 10. The Balaban J connectivity index is 1.44. The Morgan fingerprint density at radius 1 is 1.21 bits per heavy atom. The van der Waals surface area contributed by atoms with Gasteiger partial charge in [0.25, 0.3) is 11.6 Å². The van der Waals surface area contributed by atoms with Crippen molar-refractivity contribution in [1.82, 2.24) is 10.3 Å². The van der Waals surface area contributed by atoms with Crippen molar-refractivity contribution < 1.29 is 19.2 Å². The van der Waals surface area contributed by atoms with Gasteiger partial charge in [-0.05, 0) is 63.3 Å². The topological polar surface area (TPSA) is 130 Å². The fraction of sp³-hybridized carbons (Fsp3) is 0.143. The highest BCUT2D eigenvalue weighted by Gasteiger charge is 2.15. The Morgan fingerprint density at radius 3 is 2.79 bits per heavy atom. The third kappa shape index (κ3) is 6.19. The summed E-state index contributed by atoms with van der Waals surface area (Å²) < 4.78 is 11.9. The van der Waals surface area contributed by atoms with E-state index in [4.69, 9.17) is 9.47 Å². The number of aromatic nitrogens is 1. The van der Waals surface area contributed by atoms with E-state index in [0.29, 0.717) is 40.1 Å². The van der Waals surface area contributed by atoms with Gasteiger partial charge in [0.2, 0.25) is 0 Å². The number of methoxy groups -OCH3 is 1. The predicted octanol–water partition coefficient (Wildman–Crippen LogP) is 5.69.